The minimum Gasteiger partial charge on any atom is -0.298 e. The number of halogens is 1. The Morgan fingerprint density at radius 1 is 1.31 bits per heavy atom. The highest BCUT2D eigenvalue weighted by atomic mass is 79.9. The summed E-state index contributed by atoms with van der Waals surface area (Å²) < 4.78 is 0.952. The van der Waals surface area contributed by atoms with E-state index >= 15 is 0 Å². The number of hydrogen-bond acceptors (Lipinski definition) is 6. The molecule has 3 aromatic rings. The molecule has 0 radical (unpaired) electrons. The predicted octanol–water partition coefficient (Wildman–Crippen LogP) is 4.95. The quantitative estimate of drug-likeness (QED) is 0.599. The summed E-state index contributed by atoms with van der Waals surface area (Å²) in [7, 11) is 0. The van der Waals surface area contributed by atoms with Crippen molar-refractivity contribution in [3.8, 4) is 0 Å². The molecule has 1 saturated heterocycles. The summed E-state index contributed by atoms with van der Waals surface area (Å²) in [5, 5.41) is 5.62. The van der Waals surface area contributed by atoms with Gasteiger partial charge in [0.2, 0.25) is 0 Å². The van der Waals surface area contributed by atoms with Crippen LogP contribution in [0.15, 0.2) is 45.8 Å². The van der Waals surface area contributed by atoms with Crippen LogP contribution in [0.4, 0.5) is 5.13 Å². The van der Waals surface area contributed by atoms with Crippen LogP contribution >= 0.6 is 38.6 Å². The molecule has 1 aliphatic rings. The van der Waals surface area contributed by atoms with Gasteiger partial charge in [-0.3, -0.25) is 20.0 Å². The highest BCUT2D eigenvalue weighted by molar-refractivity contribution is 9.10. The van der Waals surface area contributed by atoms with Crippen molar-refractivity contribution in [1.82, 2.24) is 14.9 Å². The van der Waals surface area contributed by atoms with Gasteiger partial charge < -0.3 is 0 Å². The molecule has 1 amide bonds. The van der Waals surface area contributed by atoms with Crippen molar-refractivity contribution in [3.63, 3.8) is 0 Å². The minimum absolute atomic E-state index is 0.133. The molecule has 5 nitrogen and oxygen atoms in total. The van der Waals surface area contributed by atoms with Gasteiger partial charge in [-0.15, -0.1) is 22.7 Å². The lowest BCUT2D eigenvalue weighted by Crippen LogP contribution is -2.22. The normalized spacial score (nSPS) is 17.5. The van der Waals surface area contributed by atoms with Crippen LogP contribution in [0, 0.1) is 0 Å². The number of anilines is 1. The SMILES string of the molecule is O=C(Nc1nc(C2CCCN2Cc2cncs2)cs1)c1ccc(Br)cc1. The molecular weight excluding hydrogens is 432 g/mol. The van der Waals surface area contributed by atoms with Gasteiger partial charge in [-0.25, -0.2) is 4.98 Å². The first kappa shape index (κ1) is 17.8. The van der Waals surface area contributed by atoms with Crippen LogP contribution in [0.2, 0.25) is 0 Å². The van der Waals surface area contributed by atoms with Crippen molar-refractivity contribution in [2.75, 3.05) is 11.9 Å². The Morgan fingerprint density at radius 2 is 2.15 bits per heavy atom. The Labute approximate surface area is 168 Å². The van der Waals surface area contributed by atoms with E-state index in [1.165, 1.54) is 22.6 Å². The zero-order valence-corrected chi connectivity index (χ0v) is 17.1. The molecule has 0 saturated carbocycles. The Morgan fingerprint density at radius 3 is 2.92 bits per heavy atom. The van der Waals surface area contributed by atoms with E-state index in [9.17, 15) is 4.79 Å². The van der Waals surface area contributed by atoms with Crippen LogP contribution in [0.3, 0.4) is 0 Å². The third-order valence-electron chi connectivity index (χ3n) is 4.40. The van der Waals surface area contributed by atoms with Gasteiger partial charge in [-0.2, -0.15) is 0 Å². The van der Waals surface area contributed by atoms with Gasteiger partial charge in [0, 0.05) is 33.0 Å². The van der Waals surface area contributed by atoms with Crippen LogP contribution in [-0.4, -0.2) is 27.3 Å². The lowest BCUT2D eigenvalue weighted by Gasteiger charge is -2.22. The molecule has 4 rings (SSSR count). The van der Waals surface area contributed by atoms with Gasteiger partial charge >= 0.3 is 0 Å². The summed E-state index contributed by atoms with van der Waals surface area (Å²) >= 11 is 6.55. The molecule has 0 bridgehead atoms. The van der Waals surface area contributed by atoms with E-state index in [-0.39, 0.29) is 5.91 Å². The van der Waals surface area contributed by atoms with Gasteiger partial charge in [0.25, 0.3) is 5.91 Å². The number of thiazole rings is 2. The van der Waals surface area contributed by atoms with Crippen molar-refractivity contribution in [2.24, 2.45) is 0 Å². The topological polar surface area (TPSA) is 58.1 Å². The van der Waals surface area contributed by atoms with Crippen molar-refractivity contribution in [1.29, 1.82) is 0 Å². The molecule has 1 aromatic carbocycles. The average Bonchev–Trinajstić information content (AvgIpc) is 3.38. The monoisotopic (exact) mass is 448 g/mol. The number of nitrogens with one attached hydrogen (secondary N) is 1. The lowest BCUT2D eigenvalue weighted by molar-refractivity contribution is 0.102. The van der Waals surface area contributed by atoms with E-state index in [4.69, 9.17) is 0 Å². The Kier molecular flexibility index (Phi) is 5.44. The predicted molar refractivity (Wildman–Crippen MR) is 109 cm³/mol. The Balaban J connectivity index is 1.43. The smallest absolute Gasteiger partial charge is 0.257 e. The van der Waals surface area contributed by atoms with Crippen LogP contribution in [0.1, 0.15) is 39.8 Å². The summed E-state index contributed by atoms with van der Waals surface area (Å²) in [5.74, 6) is -0.133. The van der Waals surface area contributed by atoms with Crippen LogP contribution < -0.4 is 5.32 Å². The molecule has 134 valence electrons. The van der Waals surface area contributed by atoms with E-state index in [0.717, 1.165) is 29.7 Å². The molecule has 1 fully saturated rings. The number of aromatic nitrogens is 2. The van der Waals surface area contributed by atoms with Gasteiger partial charge in [0.1, 0.15) is 0 Å². The molecule has 1 aliphatic heterocycles. The molecular formula is C18H17BrN4OS2. The van der Waals surface area contributed by atoms with Crippen molar-refractivity contribution in [2.45, 2.75) is 25.4 Å². The number of benzene rings is 1. The van der Waals surface area contributed by atoms with E-state index in [0.29, 0.717) is 16.7 Å². The number of likely N-dealkylation sites (tertiary alicyclic amines) is 1. The Bertz CT molecular complexity index is 879. The maximum atomic E-state index is 12.4. The molecule has 0 aliphatic carbocycles. The average molecular weight is 449 g/mol. The fraction of sp³-hybridized carbons (Fsp3) is 0.278. The third kappa shape index (κ3) is 4.03. The molecule has 0 spiro atoms. The summed E-state index contributed by atoms with van der Waals surface area (Å²) in [6.07, 6.45) is 4.20. The second-order valence-corrected chi connectivity index (χ2v) is 8.88. The minimum atomic E-state index is -0.133. The number of rotatable bonds is 5. The van der Waals surface area contributed by atoms with Crippen molar-refractivity contribution >= 4 is 49.6 Å². The number of hydrogen-bond donors (Lipinski definition) is 1. The zero-order chi connectivity index (χ0) is 17.9. The van der Waals surface area contributed by atoms with Crippen LogP contribution in [0.5, 0.6) is 0 Å². The first-order chi connectivity index (χ1) is 12.7. The second-order valence-electron chi connectivity index (χ2n) is 6.13. The number of carbonyl (C=O) groups excluding carboxylic acids is 1. The third-order valence-corrected chi connectivity index (χ3v) is 6.47. The summed E-state index contributed by atoms with van der Waals surface area (Å²) in [5.41, 5.74) is 3.54. The standard InChI is InChI=1S/C18H17BrN4OS2/c19-13-5-3-12(4-6-13)17(24)22-18-21-15(10-25-18)16-2-1-7-23(16)9-14-8-20-11-26-14/h3-6,8,10-11,16H,1-2,7,9H2,(H,21,22,24). The van der Waals surface area contributed by atoms with E-state index < -0.39 is 0 Å². The molecule has 1 atom stereocenters. The van der Waals surface area contributed by atoms with Crippen molar-refractivity contribution < 1.29 is 4.79 Å². The molecule has 3 heterocycles. The molecule has 2 aromatic heterocycles. The van der Waals surface area contributed by atoms with Crippen LogP contribution in [0.25, 0.3) is 0 Å². The molecule has 26 heavy (non-hydrogen) atoms. The van der Waals surface area contributed by atoms with E-state index in [2.05, 4.69) is 41.5 Å². The molecule has 1 unspecified atom stereocenters. The van der Waals surface area contributed by atoms with E-state index in [1.807, 2.05) is 23.8 Å². The van der Waals surface area contributed by atoms with E-state index in [1.54, 1.807) is 23.5 Å². The zero-order valence-electron chi connectivity index (χ0n) is 13.9. The highest BCUT2D eigenvalue weighted by Crippen LogP contribution is 2.35. The fourth-order valence-electron chi connectivity index (χ4n) is 3.14. The number of carbonyl (C=O) groups is 1. The summed E-state index contributed by atoms with van der Waals surface area (Å²) in [6, 6.07) is 7.62. The largest absolute Gasteiger partial charge is 0.298 e. The summed E-state index contributed by atoms with van der Waals surface area (Å²) in [6.45, 7) is 1.98. The number of nitrogens with zero attached hydrogens (tertiary/aromatic N) is 3. The lowest BCUT2D eigenvalue weighted by atomic mass is 10.2. The van der Waals surface area contributed by atoms with Crippen LogP contribution in [-0.2, 0) is 6.54 Å². The van der Waals surface area contributed by atoms with Gasteiger partial charge in [-0.05, 0) is 43.7 Å². The second kappa shape index (κ2) is 7.96. The molecule has 8 heteroatoms. The van der Waals surface area contributed by atoms with Gasteiger partial charge in [-0.1, -0.05) is 15.9 Å². The maximum Gasteiger partial charge on any atom is 0.257 e. The van der Waals surface area contributed by atoms with Gasteiger partial charge in [0.15, 0.2) is 5.13 Å². The van der Waals surface area contributed by atoms with Gasteiger partial charge in [0.05, 0.1) is 17.2 Å². The fourth-order valence-corrected chi connectivity index (χ4v) is 4.77. The maximum absolute atomic E-state index is 12.4. The highest BCUT2D eigenvalue weighted by Gasteiger charge is 2.28. The Hall–Kier alpha value is -1.61. The first-order valence-corrected chi connectivity index (χ1v) is 10.9. The number of amides is 1. The molecule has 1 N–H and O–H groups in total. The first-order valence-electron chi connectivity index (χ1n) is 8.33. The van der Waals surface area contributed by atoms with Crippen molar-refractivity contribution in [3.05, 3.63) is 62.0 Å². The summed E-state index contributed by atoms with van der Waals surface area (Å²) in [4.78, 5) is 24.9.